The molecule has 0 atom stereocenters. The fourth-order valence-corrected chi connectivity index (χ4v) is 4.14. The molecule has 0 unspecified atom stereocenters. The molecule has 150 valence electrons. The molecule has 0 amide bonds. The first-order chi connectivity index (χ1) is 13.3. The molecular formula is C22H36N4S. The second kappa shape index (κ2) is 13.5. The van der Waals surface area contributed by atoms with Gasteiger partial charge in [0, 0.05) is 5.25 Å². The lowest BCUT2D eigenvalue weighted by Crippen LogP contribution is -2.09. The van der Waals surface area contributed by atoms with Crippen LogP contribution >= 0.6 is 11.8 Å². The van der Waals surface area contributed by atoms with Crippen LogP contribution in [0.5, 0.6) is 0 Å². The second-order valence-electron chi connectivity index (χ2n) is 5.91. The molecule has 0 aromatic carbocycles. The van der Waals surface area contributed by atoms with Crippen molar-refractivity contribution in [3.8, 4) is 0 Å². The fraction of sp³-hybridized carbons (Fsp3) is 0.591. The molecule has 1 fully saturated rings. The van der Waals surface area contributed by atoms with Crippen LogP contribution in [0, 0.1) is 0 Å². The van der Waals surface area contributed by atoms with Crippen molar-refractivity contribution >= 4 is 23.0 Å². The molecular weight excluding hydrogens is 352 g/mol. The molecule has 0 N–H and O–H groups in total. The van der Waals surface area contributed by atoms with Gasteiger partial charge in [0.05, 0.1) is 0 Å². The highest BCUT2D eigenvalue weighted by Gasteiger charge is 2.17. The molecule has 2 aromatic heterocycles. The molecule has 2 heterocycles. The molecule has 5 heteroatoms. The van der Waals surface area contributed by atoms with E-state index in [4.69, 9.17) is 5.10 Å². The summed E-state index contributed by atoms with van der Waals surface area (Å²) in [6, 6.07) is 4.10. The maximum absolute atomic E-state index is 4.80. The van der Waals surface area contributed by atoms with Gasteiger partial charge in [-0.2, -0.15) is 9.61 Å². The second-order valence-corrected chi connectivity index (χ2v) is 7.23. The molecule has 3 rings (SSSR count). The van der Waals surface area contributed by atoms with Crippen molar-refractivity contribution in [3.05, 3.63) is 36.2 Å². The standard InChI is InChI=1S/C18H24N4S.2C2H6/c1-3-5-9-14(4-2)18-20-19-16-12-13-17(21-22(16)18)23-15-10-7-6-8-11-15;2*1-2/h3,5,9,12-13,15H,4,6-8,10-11H2,1-2H3;2*1-2H3/b5-3-,14-9+;;. The summed E-state index contributed by atoms with van der Waals surface area (Å²) in [6.07, 6.45) is 13.8. The van der Waals surface area contributed by atoms with E-state index in [0.717, 1.165) is 28.5 Å². The fourth-order valence-electron chi connectivity index (χ4n) is 2.95. The SMILES string of the molecule is C/C=C\C=C(/CC)c1nnc2ccc(SC3CCCCC3)nn12.CC.CC. The van der Waals surface area contributed by atoms with Gasteiger partial charge in [-0.3, -0.25) is 0 Å². The van der Waals surface area contributed by atoms with Crippen molar-refractivity contribution in [2.24, 2.45) is 0 Å². The van der Waals surface area contributed by atoms with Gasteiger partial charge in [0.1, 0.15) is 5.03 Å². The van der Waals surface area contributed by atoms with Crippen molar-refractivity contribution in [1.82, 2.24) is 19.8 Å². The number of thioether (sulfide) groups is 1. The van der Waals surface area contributed by atoms with E-state index in [-0.39, 0.29) is 0 Å². The highest BCUT2D eigenvalue weighted by atomic mass is 32.2. The minimum absolute atomic E-state index is 0.706. The number of hydrogen-bond donors (Lipinski definition) is 0. The first kappa shape index (κ1) is 23.4. The van der Waals surface area contributed by atoms with Gasteiger partial charge >= 0.3 is 0 Å². The predicted molar refractivity (Wildman–Crippen MR) is 119 cm³/mol. The van der Waals surface area contributed by atoms with E-state index in [2.05, 4.69) is 29.3 Å². The minimum Gasteiger partial charge on any atom is -0.192 e. The van der Waals surface area contributed by atoms with Gasteiger partial charge in [0.2, 0.25) is 0 Å². The number of allylic oxidation sites excluding steroid dienone is 4. The van der Waals surface area contributed by atoms with E-state index in [1.807, 2.05) is 69.1 Å². The van der Waals surface area contributed by atoms with Crippen molar-refractivity contribution in [1.29, 1.82) is 0 Å². The number of rotatable bonds is 5. The highest BCUT2D eigenvalue weighted by Crippen LogP contribution is 2.32. The molecule has 4 nitrogen and oxygen atoms in total. The van der Waals surface area contributed by atoms with Crippen LogP contribution in [0.2, 0.25) is 0 Å². The number of fused-ring (bicyclic) bond motifs is 1. The maximum atomic E-state index is 4.80. The van der Waals surface area contributed by atoms with E-state index in [0.29, 0.717) is 5.25 Å². The summed E-state index contributed by atoms with van der Waals surface area (Å²) < 4.78 is 1.89. The van der Waals surface area contributed by atoms with E-state index >= 15 is 0 Å². The summed E-state index contributed by atoms with van der Waals surface area (Å²) in [7, 11) is 0. The van der Waals surface area contributed by atoms with Crippen LogP contribution in [0.3, 0.4) is 0 Å². The van der Waals surface area contributed by atoms with Crippen LogP contribution in [0.4, 0.5) is 0 Å². The monoisotopic (exact) mass is 388 g/mol. The Morgan fingerprint density at radius 3 is 2.44 bits per heavy atom. The van der Waals surface area contributed by atoms with Crippen LogP contribution in [0.25, 0.3) is 11.2 Å². The van der Waals surface area contributed by atoms with Crippen molar-refractivity contribution < 1.29 is 0 Å². The third kappa shape index (κ3) is 6.80. The zero-order valence-electron chi connectivity index (χ0n) is 17.9. The van der Waals surface area contributed by atoms with Crippen LogP contribution in [0.1, 0.15) is 85.9 Å². The average Bonchev–Trinajstić information content (AvgIpc) is 3.16. The van der Waals surface area contributed by atoms with E-state index in [9.17, 15) is 0 Å². The third-order valence-electron chi connectivity index (χ3n) is 4.24. The van der Waals surface area contributed by atoms with Gasteiger partial charge in [-0.25, -0.2) is 0 Å². The third-order valence-corrected chi connectivity index (χ3v) is 5.50. The maximum Gasteiger partial charge on any atom is 0.181 e. The number of nitrogens with zero attached hydrogens (tertiary/aromatic N) is 4. The molecule has 0 saturated heterocycles. The molecule has 27 heavy (non-hydrogen) atoms. The van der Waals surface area contributed by atoms with E-state index in [1.165, 1.54) is 32.1 Å². The van der Waals surface area contributed by atoms with Crippen LogP contribution < -0.4 is 0 Å². The Morgan fingerprint density at radius 2 is 1.81 bits per heavy atom. The zero-order valence-corrected chi connectivity index (χ0v) is 18.7. The summed E-state index contributed by atoms with van der Waals surface area (Å²) in [5.41, 5.74) is 1.97. The Morgan fingerprint density at radius 1 is 1.11 bits per heavy atom. The molecule has 0 radical (unpaired) electrons. The molecule has 0 bridgehead atoms. The zero-order chi connectivity index (χ0) is 20.1. The van der Waals surface area contributed by atoms with Crippen molar-refractivity contribution in [2.45, 2.75) is 90.3 Å². The minimum atomic E-state index is 0.706. The summed E-state index contributed by atoms with van der Waals surface area (Å²) in [5, 5.41) is 15.2. The normalized spacial score (nSPS) is 15.3. The average molecular weight is 389 g/mol. The topological polar surface area (TPSA) is 43.1 Å². The summed E-state index contributed by atoms with van der Waals surface area (Å²) in [4.78, 5) is 0. The Bertz CT molecular complexity index is 712. The number of aromatic nitrogens is 4. The molecule has 1 aliphatic carbocycles. The van der Waals surface area contributed by atoms with Crippen LogP contribution in [0.15, 0.2) is 35.4 Å². The quantitative estimate of drug-likeness (QED) is 0.519. The Labute approximate surface area is 169 Å². The molecule has 1 saturated carbocycles. The highest BCUT2D eigenvalue weighted by molar-refractivity contribution is 7.99. The van der Waals surface area contributed by atoms with Crippen LogP contribution in [-0.4, -0.2) is 25.1 Å². The number of hydrogen-bond acceptors (Lipinski definition) is 4. The smallest absolute Gasteiger partial charge is 0.181 e. The predicted octanol–water partition coefficient (Wildman–Crippen LogP) is 6.97. The van der Waals surface area contributed by atoms with Gasteiger partial charge in [0.15, 0.2) is 11.5 Å². The Balaban J connectivity index is 0.000000855. The molecule has 1 aliphatic rings. The Hall–Kier alpha value is -1.62. The lowest BCUT2D eigenvalue weighted by molar-refractivity contribution is 0.515. The van der Waals surface area contributed by atoms with Gasteiger partial charge in [0.25, 0.3) is 0 Å². The Kier molecular flexibility index (Phi) is 11.7. The summed E-state index contributed by atoms with van der Waals surface area (Å²) >= 11 is 1.91. The summed E-state index contributed by atoms with van der Waals surface area (Å²) in [5.74, 6) is 0.853. The molecule has 0 spiro atoms. The molecule has 2 aromatic rings. The van der Waals surface area contributed by atoms with Gasteiger partial charge in [-0.1, -0.05) is 72.1 Å². The largest absolute Gasteiger partial charge is 0.192 e. The summed E-state index contributed by atoms with van der Waals surface area (Å²) in [6.45, 7) is 12.2. The van der Waals surface area contributed by atoms with Gasteiger partial charge in [-0.15, -0.1) is 22.0 Å². The lowest BCUT2D eigenvalue weighted by atomic mass is 10.0. The first-order valence-electron chi connectivity index (χ1n) is 10.5. The van der Waals surface area contributed by atoms with Crippen LogP contribution in [-0.2, 0) is 0 Å². The van der Waals surface area contributed by atoms with Gasteiger partial charge < -0.3 is 0 Å². The molecule has 0 aliphatic heterocycles. The van der Waals surface area contributed by atoms with E-state index in [1.54, 1.807) is 0 Å². The lowest BCUT2D eigenvalue weighted by Gasteiger charge is -2.20. The van der Waals surface area contributed by atoms with Crippen molar-refractivity contribution in [2.75, 3.05) is 0 Å². The van der Waals surface area contributed by atoms with Gasteiger partial charge in [-0.05, 0) is 43.9 Å². The first-order valence-corrected chi connectivity index (χ1v) is 11.4. The van der Waals surface area contributed by atoms with Crippen molar-refractivity contribution in [3.63, 3.8) is 0 Å². The van der Waals surface area contributed by atoms with E-state index < -0.39 is 0 Å².